The number of nitrogens with one attached hydrogen (secondary N) is 1. The van der Waals surface area contributed by atoms with E-state index in [1.807, 2.05) is 24.9 Å². The third kappa shape index (κ3) is 4.14. The van der Waals surface area contributed by atoms with Gasteiger partial charge in [0.05, 0.1) is 5.69 Å². The van der Waals surface area contributed by atoms with E-state index in [9.17, 15) is 4.39 Å². The Morgan fingerprint density at radius 1 is 1.43 bits per heavy atom. The summed E-state index contributed by atoms with van der Waals surface area (Å²) >= 11 is 3.51. The number of rotatable bonds is 6. The minimum Gasteiger partial charge on any atom is -0.310 e. The maximum atomic E-state index is 13.5. The van der Waals surface area contributed by atoms with Gasteiger partial charge in [0, 0.05) is 29.3 Å². The molecular formula is C16H21BrFN3. The van der Waals surface area contributed by atoms with Crippen molar-refractivity contribution in [3.63, 3.8) is 0 Å². The first kappa shape index (κ1) is 16.2. The normalized spacial score (nSPS) is 12.6. The van der Waals surface area contributed by atoms with Gasteiger partial charge in [-0.3, -0.25) is 4.68 Å². The average Bonchev–Trinajstić information content (AvgIpc) is 2.77. The fourth-order valence-corrected chi connectivity index (χ4v) is 2.90. The second-order valence-corrected chi connectivity index (χ2v) is 6.14. The molecule has 0 fully saturated rings. The van der Waals surface area contributed by atoms with Gasteiger partial charge in [0.2, 0.25) is 0 Å². The molecule has 0 aliphatic heterocycles. The summed E-state index contributed by atoms with van der Waals surface area (Å²) in [6.07, 6.45) is 3.82. The smallest absolute Gasteiger partial charge is 0.123 e. The monoisotopic (exact) mass is 353 g/mol. The summed E-state index contributed by atoms with van der Waals surface area (Å²) in [4.78, 5) is 0. The predicted molar refractivity (Wildman–Crippen MR) is 86.8 cm³/mol. The zero-order valence-corrected chi connectivity index (χ0v) is 14.2. The van der Waals surface area contributed by atoms with Crippen LogP contribution in [-0.4, -0.2) is 16.3 Å². The molecule has 5 heteroatoms. The molecule has 0 amide bonds. The molecule has 21 heavy (non-hydrogen) atoms. The third-order valence-corrected chi connectivity index (χ3v) is 4.27. The van der Waals surface area contributed by atoms with Crippen LogP contribution in [0.15, 0.2) is 28.9 Å². The van der Waals surface area contributed by atoms with Crippen LogP contribution < -0.4 is 5.32 Å². The van der Waals surface area contributed by atoms with Crippen molar-refractivity contribution in [1.29, 1.82) is 0 Å². The van der Waals surface area contributed by atoms with Gasteiger partial charge in [-0.2, -0.15) is 5.10 Å². The van der Waals surface area contributed by atoms with E-state index in [1.165, 1.54) is 11.6 Å². The highest BCUT2D eigenvalue weighted by atomic mass is 79.9. The van der Waals surface area contributed by atoms with Crippen molar-refractivity contribution in [3.05, 3.63) is 51.5 Å². The highest BCUT2D eigenvalue weighted by Crippen LogP contribution is 2.26. The van der Waals surface area contributed by atoms with Crippen LogP contribution in [0, 0.1) is 12.7 Å². The van der Waals surface area contributed by atoms with Gasteiger partial charge in [-0.25, -0.2) is 4.39 Å². The first-order chi connectivity index (χ1) is 10.0. The molecule has 0 saturated carbocycles. The number of halogens is 2. The Morgan fingerprint density at radius 3 is 2.81 bits per heavy atom. The average molecular weight is 354 g/mol. The SMILES string of the molecule is CCCNC(Cc1cc(F)ccc1Br)c1cn(C)nc1C. The molecule has 1 N–H and O–H groups in total. The summed E-state index contributed by atoms with van der Waals surface area (Å²) in [6.45, 7) is 5.07. The molecule has 1 atom stereocenters. The van der Waals surface area contributed by atoms with Crippen LogP contribution >= 0.6 is 15.9 Å². The molecule has 1 heterocycles. The van der Waals surface area contributed by atoms with Gasteiger partial charge >= 0.3 is 0 Å². The van der Waals surface area contributed by atoms with Crippen LogP contribution in [-0.2, 0) is 13.5 Å². The van der Waals surface area contributed by atoms with Gasteiger partial charge in [0.1, 0.15) is 5.82 Å². The summed E-state index contributed by atoms with van der Waals surface area (Å²) in [7, 11) is 1.92. The van der Waals surface area contributed by atoms with E-state index < -0.39 is 0 Å². The van der Waals surface area contributed by atoms with Crippen molar-refractivity contribution in [2.24, 2.45) is 7.05 Å². The maximum absolute atomic E-state index is 13.5. The van der Waals surface area contributed by atoms with Gasteiger partial charge in [0.15, 0.2) is 0 Å². The van der Waals surface area contributed by atoms with Crippen LogP contribution in [0.25, 0.3) is 0 Å². The molecule has 0 radical (unpaired) electrons. The number of hydrogen-bond acceptors (Lipinski definition) is 2. The van der Waals surface area contributed by atoms with Gasteiger partial charge in [-0.15, -0.1) is 0 Å². The molecule has 0 bridgehead atoms. The van der Waals surface area contributed by atoms with Gasteiger partial charge in [-0.05, 0) is 50.1 Å². The second-order valence-electron chi connectivity index (χ2n) is 5.29. The Morgan fingerprint density at radius 2 is 2.19 bits per heavy atom. The van der Waals surface area contributed by atoms with E-state index >= 15 is 0 Å². The minimum absolute atomic E-state index is 0.136. The van der Waals surface area contributed by atoms with E-state index in [1.54, 1.807) is 12.1 Å². The Labute approximate surface area is 133 Å². The lowest BCUT2D eigenvalue weighted by Gasteiger charge is -2.19. The second kappa shape index (κ2) is 7.18. The molecule has 0 aliphatic rings. The van der Waals surface area contributed by atoms with E-state index in [-0.39, 0.29) is 11.9 Å². The topological polar surface area (TPSA) is 29.9 Å². The van der Waals surface area contributed by atoms with Crippen LogP contribution in [0.1, 0.15) is 36.2 Å². The molecule has 114 valence electrons. The van der Waals surface area contributed by atoms with E-state index in [2.05, 4.69) is 33.3 Å². The third-order valence-electron chi connectivity index (χ3n) is 3.50. The fourth-order valence-electron chi connectivity index (χ4n) is 2.49. The Hall–Kier alpha value is -1.20. The molecular weight excluding hydrogens is 333 g/mol. The molecule has 2 aromatic rings. The number of aromatic nitrogens is 2. The van der Waals surface area contributed by atoms with Gasteiger partial charge < -0.3 is 5.32 Å². The number of hydrogen-bond donors (Lipinski definition) is 1. The molecule has 0 spiro atoms. The molecule has 1 aromatic carbocycles. The lowest BCUT2D eigenvalue weighted by Crippen LogP contribution is -2.24. The highest BCUT2D eigenvalue weighted by Gasteiger charge is 2.18. The zero-order valence-electron chi connectivity index (χ0n) is 12.7. The lowest BCUT2D eigenvalue weighted by molar-refractivity contribution is 0.524. The first-order valence-corrected chi connectivity index (χ1v) is 7.98. The van der Waals surface area contributed by atoms with Crippen molar-refractivity contribution in [2.75, 3.05) is 6.54 Å². The molecule has 2 rings (SSSR count). The molecule has 3 nitrogen and oxygen atoms in total. The van der Waals surface area contributed by atoms with Crippen molar-refractivity contribution >= 4 is 15.9 Å². The predicted octanol–water partition coefficient (Wildman–Crippen LogP) is 3.91. The maximum Gasteiger partial charge on any atom is 0.123 e. The van der Waals surface area contributed by atoms with Crippen molar-refractivity contribution in [1.82, 2.24) is 15.1 Å². The summed E-state index contributed by atoms with van der Waals surface area (Å²) < 4.78 is 16.2. The van der Waals surface area contributed by atoms with Crippen molar-refractivity contribution in [2.45, 2.75) is 32.7 Å². The Bertz CT molecular complexity index is 610. The Kier molecular flexibility index (Phi) is 5.53. The molecule has 0 saturated heterocycles. The largest absolute Gasteiger partial charge is 0.310 e. The molecule has 0 aliphatic carbocycles. The van der Waals surface area contributed by atoms with Crippen molar-refractivity contribution in [3.8, 4) is 0 Å². The fraction of sp³-hybridized carbons (Fsp3) is 0.438. The summed E-state index contributed by atoms with van der Waals surface area (Å²) in [5.41, 5.74) is 3.15. The van der Waals surface area contributed by atoms with Gasteiger partial charge in [-0.1, -0.05) is 22.9 Å². The van der Waals surface area contributed by atoms with Crippen LogP contribution in [0.3, 0.4) is 0 Å². The summed E-state index contributed by atoms with van der Waals surface area (Å²) in [6, 6.07) is 4.96. The summed E-state index contributed by atoms with van der Waals surface area (Å²) in [5.74, 6) is -0.203. The highest BCUT2D eigenvalue weighted by molar-refractivity contribution is 9.10. The quantitative estimate of drug-likeness (QED) is 0.852. The number of aryl methyl sites for hydroxylation is 2. The zero-order chi connectivity index (χ0) is 15.4. The van der Waals surface area contributed by atoms with Crippen molar-refractivity contribution < 1.29 is 4.39 Å². The number of benzene rings is 1. The summed E-state index contributed by atoms with van der Waals surface area (Å²) in [5, 5.41) is 7.95. The van der Waals surface area contributed by atoms with E-state index in [0.717, 1.165) is 35.1 Å². The minimum atomic E-state index is -0.203. The standard InChI is InChI=1S/C16H21BrFN3/c1-4-7-19-16(14-10-21(3)20-11(14)2)9-12-8-13(18)5-6-15(12)17/h5-6,8,10,16,19H,4,7,9H2,1-3H3. The first-order valence-electron chi connectivity index (χ1n) is 7.18. The van der Waals surface area contributed by atoms with Gasteiger partial charge in [0.25, 0.3) is 0 Å². The van der Waals surface area contributed by atoms with E-state index in [4.69, 9.17) is 0 Å². The van der Waals surface area contributed by atoms with Crippen LogP contribution in [0.4, 0.5) is 4.39 Å². The van der Waals surface area contributed by atoms with Crippen LogP contribution in [0.2, 0.25) is 0 Å². The van der Waals surface area contributed by atoms with E-state index in [0.29, 0.717) is 0 Å². The lowest BCUT2D eigenvalue weighted by atomic mass is 9.99. The Balaban J connectivity index is 2.28. The van der Waals surface area contributed by atoms with Crippen LogP contribution in [0.5, 0.6) is 0 Å². The number of nitrogens with zero attached hydrogens (tertiary/aromatic N) is 2. The molecule has 1 aromatic heterocycles. The molecule has 1 unspecified atom stereocenters.